The molecule has 2 fully saturated rings. The molecule has 1 atom stereocenters. The number of thioether (sulfide) groups is 1. The van der Waals surface area contributed by atoms with Crippen molar-refractivity contribution in [3.8, 4) is 0 Å². The van der Waals surface area contributed by atoms with Gasteiger partial charge in [-0.2, -0.15) is 0 Å². The van der Waals surface area contributed by atoms with Gasteiger partial charge in [0.2, 0.25) is 5.91 Å². The third-order valence-corrected chi connectivity index (χ3v) is 5.60. The number of ether oxygens (including phenoxy) is 1. The lowest BCUT2D eigenvalue weighted by Gasteiger charge is -2.34. The van der Waals surface area contributed by atoms with Crippen LogP contribution in [0.3, 0.4) is 0 Å². The first-order chi connectivity index (χ1) is 12.1. The number of hydrogen-bond donors (Lipinski definition) is 0. The monoisotopic (exact) mass is 366 g/mol. The third-order valence-electron chi connectivity index (χ3n) is 4.59. The quantitative estimate of drug-likeness (QED) is 0.753. The minimum atomic E-state index is -0.471. The predicted molar refractivity (Wildman–Crippen MR) is 91.9 cm³/mol. The summed E-state index contributed by atoms with van der Waals surface area (Å²) in [5, 5.41) is 0. The van der Waals surface area contributed by atoms with Crippen LogP contribution in [0.4, 0.5) is 0 Å². The van der Waals surface area contributed by atoms with E-state index in [-0.39, 0.29) is 29.5 Å². The Kier molecular flexibility index (Phi) is 5.67. The Hall–Kier alpha value is -1.96. The van der Waals surface area contributed by atoms with E-state index >= 15 is 0 Å². The number of furan rings is 1. The number of rotatable bonds is 4. The molecule has 0 aliphatic carbocycles. The van der Waals surface area contributed by atoms with Crippen LogP contribution >= 0.6 is 11.8 Å². The van der Waals surface area contributed by atoms with Crippen LogP contribution in [0.2, 0.25) is 0 Å². The molecule has 0 spiro atoms. The van der Waals surface area contributed by atoms with Gasteiger partial charge in [-0.05, 0) is 31.9 Å². The lowest BCUT2D eigenvalue weighted by molar-refractivity contribution is -0.151. The molecular weight excluding hydrogens is 344 g/mol. The second-order valence-electron chi connectivity index (χ2n) is 6.12. The molecule has 7 nitrogen and oxygen atoms in total. The first-order valence-electron chi connectivity index (χ1n) is 8.49. The molecule has 8 heteroatoms. The van der Waals surface area contributed by atoms with Crippen LogP contribution in [0.1, 0.15) is 30.3 Å². The van der Waals surface area contributed by atoms with Gasteiger partial charge in [-0.15, -0.1) is 11.8 Å². The molecule has 1 unspecified atom stereocenters. The van der Waals surface area contributed by atoms with Crippen molar-refractivity contribution < 1.29 is 23.5 Å². The van der Waals surface area contributed by atoms with Crippen LogP contribution in [0.15, 0.2) is 22.8 Å². The summed E-state index contributed by atoms with van der Waals surface area (Å²) in [6, 6.07) is 2.80. The van der Waals surface area contributed by atoms with E-state index in [1.807, 2.05) is 0 Å². The number of amides is 2. The second kappa shape index (κ2) is 7.95. The van der Waals surface area contributed by atoms with E-state index in [0.29, 0.717) is 44.2 Å². The van der Waals surface area contributed by atoms with Gasteiger partial charge in [0.1, 0.15) is 6.04 Å². The van der Waals surface area contributed by atoms with E-state index in [1.54, 1.807) is 40.6 Å². The predicted octanol–water partition coefficient (Wildman–Crippen LogP) is 1.60. The zero-order chi connectivity index (χ0) is 17.8. The van der Waals surface area contributed by atoms with Gasteiger partial charge in [0.15, 0.2) is 5.76 Å². The topological polar surface area (TPSA) is 80.1 Å². The summed E-state index contributed by atoms with van der Waals surface area (Å²) < 4.78 is 10.2. The molecule has 0 radical (unpaired) electrons. The fourth-order valence-corrected chi connectivity index (χ4v) is 4.34. The van der Waals surface area contributed by atoms with Crippen LogP contribution in [-0.4, -0.2) is 65.0 Å². The van der Waals surface area contributed by atoms with Gasteiger partial charge in [0, 0.05) is 18.8 Å². The van der Waals surface area contributed by atoms with Crippen LogP contribution in [0.5, 0.6) is 0 Å². The van der Waals surface area contributed by atoms with Crippen LogP contribution in [-0.2, 0) is 14.3 Å². The van der Waals surface area contributed by atoms with E-state index in [4.69, 9.17) is 9.15 Å². The number of hydrogen-bond acceptors (Lipinski definition) is 6. The summed E-state index contributed by atoms with van der Waals surface area (Å²) in [4.78, 5) is 40.5. The van der Waals surface area contributed by atoms with Crippen molar-refractivity contribution in [2.75, 3.05) is 31.3 Å². The molecule has 25 heavy (non-hydrogen) atoms. The van der Waals surface area contributed by atoms with Crippen molar-refractivity contribution in [2.24, 2.45) is 5.92 Å². The Morgan fingerprint density at radius 3 is 2.72 bits per heavy atom. The van der Waals surface area contributed by atoms with Crippen molar-refractivity contribution in [3.05, 3.63) is 24.2 Å². The fraction of sp³-hybridized carbons (Fsp3) is 0.588. The first kappa shape index (κ1) is 17.8. The number of carbonyl (C=O) groups excluding carboxylic acids is 3. The Morgan fingerprint density at radius 2 is 2.08 bits per heavy atom. The van der Waals surface area contributed by atoms with Gasteiger partial charge in [-0.1, -0.05) is 0 Å². The molecule has 2 aliphatic heterocycles. The Balaban J connectivity index is 1.59. The summed E-state index contributed by atoms with van der Waals surface area (Å²) in [7, 11) is 0. The minimum absolute atomic E-state index is 0.0489. The highest BCUT2D eigenvalue weighted by Crippen LogP contribution is 2.27. The van der Waals surface area contributed by atoms with Crippen LogP contribution in [0, 0.1) is 5.92 Å². The van der Waals surface area contributed by atoms with Gasteiger partial charge >= 0.3 is 5.97 Å². The summed E-state index contributed by atoms with van der Waals surface area (Å²) in [6.45, 7) is 3.21. The fourth-order valence-electron chi connectivity index (χ4n) is 3.20. The highest BCUT2D eigenvalue weighted by molar-refractivity contribution is 7.99. The second-order valence-corrected chi connectivity index (χ2v) is 7.12. The zero-order valence-corrected chi connectivity index (χ0v) is 15.0. The highest BCUT2D eigenvalue weighted by Gasteiger charge is 2.39. The molecule has 2 amide bonds. The molecule has 0 saturated carbocycles. The molecule has 0 N–H and O–H groups in total. The van der Waals surface area contributed by atoms with Crippen LogP contribution in [0.25, 0.3) is 0 Å². The molecule has 3 heterocycles. The molecule has 2 aliphatic rings. The van der Waals surface area contributed by atoms with E-state index in [0.717, 1.165) is 0 Å². The maximum absolute atomic E-state index is 12.9. The molecule has 1 aromatic heterocycles. The minimum Gasteiger partial charge on any atom is -0.466 e. The summed E-state index contributed by atoms with van der Waals surface area (Å²) in [5.74, 6) is 0.699. The van der Waals surface area contributed by atoms with E-state index in [1.165, 1.54) is 6.26 Å². The number of carbonyl (C=O) groups is 3. The lowest BCUT2D eigenvalue weighted by atomic mass is 9.96. The molecule has 1 aromatic rings. The van der Waals surface area contributed by atoms with Gasteiger partial charge < -0.3 is 19.0 Å². The number of esters is 1. The lowest BCUT2D eigenvalue weighted by Crippen LogP contribution is -2.51. The molecule has 0 aromatic carbocycles. The van der Waals surface area contributed by atoms with Crippen molar-refractivity contribution >= 4 is 29.5 Å². The maximum Gasteiger partial charge on any atom is 0.309 e. The highest BCUT2D eigenvalue weighted by atomic mass is 32.2. The molecule has 136 valence electrons. The van der Waals surface area contributed by atoms with E-state index < -0.39 is 6.04 Å². The standard InChI is InChI=1S/C17H22N2O5S/c1-2-23-17(22)12-5-7-18(8-6-12)15(20)13-10-25-11-19(13)16(21)14-4-3-9-24-14/h3-4,9,12-13H,2,5-8,10-11H2,1H3. The average molecular weight is 366 g/mol. The largest absolute Gasteiger partial charge is 0.466 e. The number of piperidine rings is 1. The SMILES string of the molecule is CCOC(=O)C1CCN(C(=O)C2CSCN2C(=O)c2ccco2)CC1. The Bertz CT molecular complexity index is 625. The Labute approximate surface area is 150 Å². The first-order valence-corrected chi connectivity index (χ1v) is 9.65. The number of nitrogens with zero attached hydrogens (tertiary/aromatic N) is 2. The Morgan fingerprint density at radius 1 is 1.32 bits per heavy atom. The van der Waals surface area contributed by atoms with Crippen LogP contribution < -0.4 is 0 Å². The molecule has 3 rings (SSSR count). The smallest absolute Gasteiger partial charge is 0.309 e. The summed E-state index contributed by atoms with van der Waals surface area (Å²) in [5.41, 5.74) is 0. The van der Waals surface area contributed by atoms with Gasteiger partial charge in [0.05, 0.1) is 24.7 Å². The van der Waals surface area contributed by atoms with Gasteiger partial charge in [0.25, 0.3) is 5.91 Å². The molecular formula is C17H22N2O5S. The average Bonchev–Trinajstić information content (AvgIpc) is 3.32. The number of likely N-dealkylation sites (tertiary alicyclic amines) is 1. The van der Waals surface area contributed by atoms with Crippen molar-refractivity contribution in [2.45, 2.75) is 25.8 Å². The van der Waals surface area contributed by atoms with Crippen molar-refractivity contribution in [1.82, 2.24) is 9.80 Å². The van der Waals surface area contributed by atoms with E-state index in [2.05, 4.69) is 0 Å². The van der Waals surface area contributed by atoms with E-state index in [9.17, 15) is 14.4 Å². The summed E-state index contributed by atoms with van der Waals surface area (Å²) >= 11 is 1.56. The van der Waals surface area contributed by atoms with Crippen molar-refractivity contribution in [1.29, 1.82) is 0 Å². The maximum atomic E-state index is 12.9. The van der Waals surface area contributed by atoms with Gasteiger partial charge in [-0.25, -0.2) is 0 Å². The summed E-state index contributed by atoms with van der Waals surface area (Å²) in [6.07, 6.45) is 2.67. The van der Waals surface area contributed by atoms with Crippen molar-refractivity contribution in [3.63, 3.8) is 0 Å². The van der Waals surface area contributed by atoms with Gasteiger partial charge in [-0.3, -0.25) is 14.4 Å². The molecule has 0 bridgehead atoms. The normalized spacial score (nSPS) is 21.4. The zero-order valence-electron chi connectivity index (χ0n) is 14.2. The third kappa shape index (κ3) is 3.84. The molecule has 2 saturated heterocycles.